The molecule has 0 aliphatic carbocycles. The number of nitrogens with two attached hydrogens (primary N) is 1. The zero-order chi connectivity index (χ0) is 14.9. The zero-order valence-electron chi connectivity index (χ0n) is 11.6. The Morgan fingerprint density at radius 1 is 1.05 bits per heavy atom. The summed E-state index contributed by atoms with van der Waals surface area (Å²) >= 11 is 1.47. The van der Waals surface area contributed by atoms with Crippen molar-refractivity contribution in [2.45, 2.75) is 5.75 Å². The average Bonchev–Trinajstić information content (AvgIpc) is 2.54. The van der Waals surface area contributed by atoms with Crippen molar-refractivity contribution < 1.29 is 0 Å². The molecule has 4 heteroatoms. The fourth-order valence-electron chi connectivity index (χ4n) is 1.63. The first kappa shape index (κ1) is 15.1. The molecular formula is C17H17N3S. The van der Waals surface area contributed by atoms with Gasteiger partial charge in [0.25, 0.3) is 0 Å². The van der Waals surface area contributed by atoms with Crippen LogP contribution in [0.4, 0.5) is 0 Å². The summed E-state index contributed by atoms with van der Waals surface area (Å²) in [5.41, 5.74) is 9.12. The third kappa shape index (κ3) is 5.28. The van der Waals surface area contributed by atoms with E-state index in [9.17, 15) is 0 Å². The van der Waals surface area contributed by atoms with E-state index in [2.05, 4.69) is 28.9 Å². The van der Waals surface area contributed by atoms with Crippen LogP contribution in [-0.4, -0.2) is 11.4 Å². The van der Waals surface area contributed by atoms with Crippen molar-refractivity contribution in [1.29, 1.82) is 0 Å². The van der Waals surface area contributed by atoms with Gasteiger partial charge in [-0.2, -0.15) is 5.10 Å². The highest BCUT2D eigenvalue weighted by atomic mass is 32.2. The van der Waals surface area contributed by atoms with Gasteiger partial charge >= 0.3 is 0 Å². The summed E-state index contributed by atoms with van der Waals surface area (Å²) in [6, 6.07) is 18.0. The van der Waals surface area contributed by atoms with Crippen LogP contribution in [0.25, 0.3) is 6.08 Å². The van der Waals surface area contributed by atoms with E-state index in [1.807, 2.05) is 48.5 Å². The Morgan fingerprint density at radius 2 is 1.76 bits per heavy atom. The number of nitrogens with zero attached hydrogens (tertiary/aromatic N) is 2. The van der Waals surface area contributed by atoms with E-state index in [1.165, 1.54) is 17.3 Å². The maximum atomic E-state index is 5.82. The van der Waals surface area contributed by atoms with E-state index in [4.69, 9.17) is 5.73 Å². The molecule has 0 aromatic heterocycles. The lowest BCUT2D eigenvalue weighted by Crippen LogP contribution is -2.06. The SMILES string of the molecule is C=Cc1ccc(CS/C(N)=N\N=C\c2ccccc2)cc1. The number of hydrogen-bond acceptors (Lipinski definition) is 3. The largest absolute Gasteiger partial charge is 0.377 e. The molecule has 0 amide bonds. The molecule has 2 N–H and O–H groups in total. The van der Waals surface area contributed by atoms with Gasteiger partial charge in [0.15, 0.2) is 5.17 Å². The van der Waals surface area contributed by atoms with Gasteiger partial charge in [-0.3, -0.25) is 0 Å². The van der Waals surface area contributed by atoms with Crippen molar-refractivity contribution in [3.63, 3.8) is 0 Å². The normalized spacial score (nSPS) is 11.7. The summed E-state index contributed by atoms with van der Waals surface area (Å²) in [5, 5.41) is 8.42. The Kier molecular flexibility index (Phi) is 5.79. The molecule has 0 aliphatic rings. The van der Waals surface area contributed by atoms with E-state index in [0.717, 1.165) is 16.9 Å². The van der Waals surface area contributed by atoms with Gasteiger partial charge in [-0.1, -0.05) is 79.0 Å². The second kappa shape index (κ2) is 8.07. The number of amidine groups is 1. The van der Waals surface area contributed by atoms with Crippen molar-refractivity contribution in [2.75, 3.05) is 0 Å². The van der Waals surface area contributed by atoms with Crippen molar-refractivity contribution >= 4 is 29.2 Å². The fraction of sp³-hybridized carbons (Fsp3) is 0.0588. The number of rotatable bonds is 5. The van der Waals surface area contributed by atoms with Crippen LogP contribution in [0, 0.1) is 0 Å². The quantitative estimate of drug-likeness (QED) is 0.516. The van der Waals surface area contributed by atoms with Crippen LogP contribution >= 0.6 is 11.8 Å². The highest BCUT2D eigenvalue weighted by Gasteiger charge is 1.97. The van der Waals surface area contributed by atoms with Gasteiger partial charge in [0.05, 0.1) is 6.21 Å². The molecule has 0 atom stereocenters. The smallest absolute Gasteiger partial charge is 0.180 e. The minimum absolute atomic E-state index is 0.454. The third-order valence-electron chi connectivity index (χ3n) is 2.76. The van der Waals surface area contributed by atoms with Crippen molar-refractivity contribution in [1.82, 2.24) is 0 Å². The lowest BCUT2D eigenvalue weighted by atomic mass is 10.1. The lowest BCUT2D eigenvalue weighted by molar-refractivity contribution is 1.25. The lowest BCUT2D eigenvalue weighted by Gasteiger charge is -2.01. The maximum Gasteiger partial charge on any atom is 0.180 e. The average molecular weight is 295 g/mol. The standard InChI is InChI=1S/C17H17N3S/c1-2-14-8-10-16(11-9-14)13-21-17(18)20-19-12-15-6-4-3-5-7-15/h2-12H,1,13H2,(H2,18,20)/b19-12+. The molecule has 0 fully saturated rings. The fourth-order valence-corrected chi connectivity index (χ4v) is 2.24. The zero-order valence-corrected chi connectivity index (χ0v) is 12.5. The van der Waals surface area contributed by atoms with E-state index in [1.54, 1.807) is 6.21 Å². The Balaban J connectivity index is 1.85. The second-order valence-corrected chi connectivity index (χ2v) is 5.32. The topological polar surface area (TPSA) is 50.7 Å². The second-order valence-electron chi connectivity index (χ2n) is 4.33. The molecule has 0 bridgehead atoms. The van der Waals surface area contributed by atoms with Crippen molar-refractivity contribution in [3.8, 4) is 0 Å². The monoisotopic (exact) mass is 295 g/mol. The van der Waals surface area contributed by atoms with Gasteiger partial charge in [0, 0.05) is 5.75 Å². The molecule has 0 spiro atoms. The molecule has 2 aromatic carbocycles. The van der Waals surface area contributed by atoms with Crippen LogP contribution < -0.4 is 5.73 Å². The molecule has 106 valence electrons. The van der Waals surface area contributed by atoms with Crippen LogP contribution in [0.15, 0.2) is 71.4 Å². The highest BCUT2D eigenvalue weighted by molar-refractivity contribution is 8.13. The van der Waals surface area contributed by atoms with Gasteiger partial charge in [0.1, 0.15) is 0 Å². The minimum atomic E-state index is 0.454. The van der Waals surface area contributed by atoms with Gasteiger partial charge in [-0.05, 0) is 16.7 Å². The van der Waals surface area contributed by atoms with Crippen LogP contribution in [0.3, 0.4) is 0 Å². The van der Waals surface area contributed by atoms with Gasteiger partial charge in [0.2, 0.25) is 0 Å². The molecule has 0 unspecified atom stereocenters. The first-order chi connectivity index (χ1) is 10.3. The predicted octanol–water partition coefficient (Wildman–Crippen LogP) is 3.91. The molecular weight excluding hydrogens is 278 g/mol. The molecule has 0 radical (unpaired) electrons. The van der Waals surface area contributed by atoms with Crippen LogP contribution in [0.1, 0.15) is 16.7 Å². The molecule has 3 nitrogen and oxygen atoms in total. The maximum absolute atomic E-state index is 5.82. The predicted molar refractivity (Wildman–Crippen MR) is 93.5 cm³/mol. The molecule has 2 rings (SSSR count). The summed E-state index contributed by atoms with van der Waals surface area (Å²) in [6.45, 7) is 3.73. The van der Waals surface area contributed by atoms with E-state index in [-0.39, 0.29) is 0 Å². The van der Waals surface area contributed by atoms with Gasteiger partial charge < -0.3 is 5.73 Å². The Bertz CT molecular complexity index is 631. The van der Waals surface area contributed by atoms with Gasteiger partial charge in [-0.25, -0.2) is 0 Å². The summed E-state index contributed by atoms with van der Waals surface area (Å²) in [4.78, 5) is 0. The Labute approximate surface area is 129 Å². The number of hydrogen-bond donors (Lipinski definition) is 1. The van der Waals surface area contributed by atoms with Crippen LogP contribution in [-0.2, 0) is 5.75 Å². The van der Waals surface area contributed by atoms with Gasteiger partial charge in [-0.15, -0.1) is 5.10 Å². The van der Waals surface area contributed by atoms with Crippen LogP contribution in [0.5, 0.6) is 0 Å². The summed E-state index contributed by atoms with van der Waals surface area (Å²) in [6.07, 6.45) is 3.51. The van der Waals surface area contributed by atoms with E-state index >= 15 is 0 Å². The Morgan fingerprint density at radius 3 is 2.43 bits per heavy atom. The van der Waals surface area contributed by atoms with Crippen LogP contribution in [0.2, 0.25) is 0 Å². The highest BCUT2D eigenvalue weighted by Crippen LogP contribution is 2.13. The molecule has 2 aromatic rings. The summed E-state index contributed by atoms with van der Waals surface area (Å²) < 4.78 is 0. The van der Waals surface area contributed by atoms with E-state index in [0.29, 0.717) is 5.17 Å². The minimum Gasteiger partial charge on any atom is -0.377 e. The van der Waals surface area contributed by atoms with E-state index < -0.39 is 0 Å². The molecule has 0 aliphatic heterocycles. The van der Waals surface area contributed by atoms with Crippen molar-refractivity contribution in [3.05, 3.63) is 77.9 Å². The summed E-state index contributed by atoms with van der Waals surface area (Å²) in [5.74, 6) is 0.771. The first-order valence-electron chi connectivity index (χ1n) is 6.53. The third-order valence-corrected chi connectivity index (χ3v) is 3.62. The molecule has 21 heavy (non-hydrogen) atoms. The Hall–Kier alpha value is -2.33. The summed E-state index contributed by atoms with van der Waals surface area (Å²) in [7, 11) is 0. The molecule has 0 saturated heterocycles. The molecule has 0 saturated carbocycles. The first-order valence-corrected chi connectivity index (χ1v) is 7.52. The number of thioether (sulfide) groups is 1. The number of benzene rings is 2. The molecule has 0 heterocycles. The van der Waals surface area contributed by atoms with Crippen molar-refractivity contribution in [2.24, 2.45) is 15.9 Å².